The van der Waals surface area contributed by atoms with Crippen LogP contribution in [0.1, 0.15) is 22.8 Å². The Hall–Kier alpha value is -2.86. The fourth-order valence-corrected chi connectivity index (χ4v) is 3.24. The van der Waals surface area contributed by atoms with E-state index in [0.29, 0.717) is 12.2 Å². The lowest BCUT2D eigenvalue weighted by Gasteiger charge is -2.39. The first-order chi connectivity index (χ1) is 13.7. The molecule has 0 bridgehead atoms. The standard InChI is InChI=1S/C21H23N3O4/c1-15-19(14-28-21(25)17-10-6-3-7-11-17)26-13-18(23-24-22)20(15)27-12-16-8-4-2-5-9-16/h2-11,15,18-20H,12-14H2,1H3/t15?,18-,19?,20+/m0/s1. The first kappa shape index (κ1) is 19.9. The van der Waals surface area contributed by atoms with Crippen LogP contribution in [0.15, 0.2) is 65.8 Å². The van der Waals surface area contributed by atoms with E-state index < -0.39 is 12.0 Å². The predicted octanol–water partition coefficient (Wildman–Crippen LogP) is 4.14. The average Bonchev–Trinajstić information content (AvgIpc) is 2.74. The van der Waals surface area contributed by atoms with E-state index in [2.05, 4.69) is 10.0 Å². The molecule has 0 saturated carbocycles. The maximum Gasteiger partial charge on any atom is 0.338 e. The number of ether oxygens (including phenoxy) is 3. The van der Waals surface area contributed by atoms with Gasteiger partial charge in [0.2, 0.25) is 0 Å². The van der Waals surface area contributed by atoms with Gasteiger partial charge in [-0.15, -0.1) is 0 Å². The highest BCUT2D eigenvalue weighted by molar-refractivity contribution is 5.89. The minimum atomic E-state index is -0.426. The Balaban J connectivity index is 1.61. The summed E-state index contributed by atoms with van der Waals surface area (Å²) in [6.45, 7) is 2.70. The Morgan fingerprint density at radius 1 is 1.18 bits per heavy atom. The molecule has 4 atom stereocenters. The van der Waals surface area contributed by atoms with Crippen molar-refractivity contribution in [2.75, 3.05) is 13.2 Å². The molecule has 7 nitrogen and oxygen atoms in total. The van der Waals surface area contributed by atoms with Crippen molar-refractivity contribution in [3.05, 3.63) is 82.2 Å². The van der Waals surface area contributed by atoms with Crippen LogP contribution in [0.3, 0.4) is 0 Å². The van der Waals surface area contributed by atoms with Crippen molar-refractivity contribution < 1.29 is 19.0 Å². The number of esters is 1. The lowest BCUT2D eigenvalue weighted by Crippen LogP contribution is -2.50. The summed E-state index contributed by atoms with van der Waals surface area (Å²) < 4.78 is 17.3. The Labute approximate surface area is 163 Å². The highest BCUT2D eigenvalue weighted by atomic mass is 16.6. The van der Waals surface area contributed by atoms with Crippen molar-refractivity contribution >= 4 is 5.97 Å². The number of hydrogen-bond donors (Lipinski definition) is 0. The van der Waals surface area contributed by atoms with Crippen LogP contribution < -0.4 is 0 Å². The van der Waals surface area contributed by atoms with Crippen molar-refractivity contribution in [1.82, 2.24) is 0 Å². The van der Waals surface area contributed by atoms with E-state index >= 15 is 0 Å². The normalized spacial score (nSPS) is 24.2. The Morgan fingerprint density at radius 2 is 1.86 bits per heavy atom. The molecule has 2 aromatic carbocycles. The number of hydrogen-bond acceptors (Lipinski definition) is 5. The number of rotatable bonds is 7. The van der Waals surface area contributed by atoms with Crippen LogP contribution in [0, 0.1) is 5.92 Å². The summed E-state index contributed by atoms with van der Waals surface area (Å²) in [5, 5.41) is 3.83. The zero-order chi connectivity index (χ0) is 19.8. The second-order valence-corrected chi connectivity index (χ2v) is 6.73. The minimum Gasteiger partial charge on any atom is -0.459 e. The van der Waals surface area contributed by atoms with Gasteiger partial charge in [-0.05, 0) is 23.2 Å². The summed E-state index contributed by atoms with van der Waals surface area (Å²) in [5.74, 6) is -0.508. The molecule has 3 rings (SSSR count). The van der Waals surface area contributed by atoms with Gasteiger partial charge in [-0.2, -0.15) is 0 Å². The van der Waals surface area contributed by atoms with Crippen molar-refractivity contribution in [3.63, 3.8) is 0 Å². The molecular weight excluding hydrogens is 358 g/mol. The number of benzene rings is 2. The van der Waals surface area contributed by atoms with Gasteiger partial charge in [0.1, 0.15) is 6.61 Å². The predicted molar refractivity (Wildman–Crippen MR) is 104 cm³/mol. The lowest BCUT2D eigenvalue weighted by atomic mass is 9.90. The largest absolute Gasteiger partial charge is 0.459 e. The van der Waals surface area contributed by atoms with Crippen molar-refractivity contribution in [1.29, 1.82) is 0 Å². The van der Waals surface area contributed by atoms with Gasteiger partial charge in [-0.25, -0.2) is 4.79 Å². The van der Waals surface area contributed by atoms with E-state index in [9.17, 15) is 4.79 Å². The van der Waals surface area contributed by atoms with Gasteiger partial charge in [0.25, 0.3) is 0 Å². The quantitative estimate of drug-likeness (QED) is 0.312. The smallest absolute Gasteiger partial charge is 0.338 e. The van der Waals surface area contributed by atoms with Crippen LogP contribution in [0.5, 0.6) is 0 Å². The molecule has 7 heteroatoms. The molecule has 1 saturated heterocycles. The van der Waals surface area contributed by atoms with Crippen LogP contribution in [0.25, 0.3) is 10.4 Å². The molecule has 0 spiro atoms. The fourth-order valence-electron chi connectivity index (χ4n) is 3.24. The van der Waals surface area contributed by atoms with Gasteiger partial charge in [0.15, 0.2) is 0 Å². The zero-order valence-electron chi connectivity index (χ0n) is 15.7. The molecule has 0 radical (unpaired) electrons. The van der Waals surface area contributed by atoms with Gasteiger partial charge in [-0.3, -0.25) is 0 Å². The summed E-state index contributed by atoms with van der Waals surface area (Å²) in [7, 11) is 0. The molecule has 1 aliphatic rings. The number of carbonyl (C=O) groups is 1. The molecule has 1 fully saturated rings. The molecule has 28 heavy (non-hydrogen) atoms. The van der Waals surface area contributed by atoms with Gasteiger partial charge in [-0.1, -0.05) is 60.6 Å². The van der Waals surface area contributed by atoms with Gasteiger partial charge in [0, 0.05) is 10.8 Å². The monoisotopic (exact) mass is 381 g/mol. The van der Waals surface area contributed by atoms with Crippen LogP contribution in [-0.2, 0) is 20.8 Å². The molecule has 0 aromatic heterocycles. The molecule has 2 aromatic rings. The molecule has 1 heterocycles. The minimum absolute atomic E-state index is 0.114. The van der Waals surface area contributed by atoms with Crippen molar-refractivity contribution in [2.24, 2.45) is 11.0 Å². The van der Waals surface area contributed by atoms with Crippen LogP contribution in [0.4, 0.5) is 0 Å². The Kier molecular flexibility index (Phi) is 7.03. The Bertz CT molecular complexity index is 809. The van der Waals surface area contributed by atoms with E-state index in [1.165, 1.54) is 0 Å². The maximum absolute atomic E-state index is 12.2. The highest BCUT2D eigenvalue weighted by Gasteiger charge is 2.38. The molecule has 146 valence electrons. The van der Waals surface area contributed by atoms with Gasteiger partial charge >= 0.3 is 5.97 Å². The third-order valence-corrected chi connectivity index (χ3v) is 4.84. The van der Waals surface area contributed by atoms with E-state index in [-0.39, 0.29) is 31.3 Å². The van der Waals surface area contributed by atoms with Crippen molar-refractivity contribution in [3.8, 4) is 0 Å². The van der Waals surface area contributed by atoms with E-state index in [1.807, 2.05) is 43.3 Å². The topological polar surface area (TPSA) is 93.5 Å². The summed E-state index contributed by atoms with van der Waals surface area (Å²) in [6, 6.07) is 18.2. The number of carbonyl (C=O) groups excluding carboxylic acids is 1. The van der Waals surface area contributed by atoms with Crippen LogP contribution >= 0.6 is 0 Å². The third kappa shape index (κ3) is 5.10. The summed E-state index contributed by atoms with van der Waals surface area (Å²) in [4.78, 5) is 15.1. The number of azide groups is 1. The summed E-state index contributed by atoms with van der Waals surface area (Å²) in [5.41, 5.74) is 10.4. The molecule has 2 unspecified atom stereocenters. The van der Waals surface area contributed by atoms with E-state index in [0.717, 1.165) is 5.56 Å². The second kappa shape index (κ2) is 9.90. The number of nitrogens with zero attached hydrogens (tertiary/aromatic N) is 3. The van der Waals surface area contributed by atoms with E-state index in [1.54, 1.807) is 24.3 Å². The first-order valence-electron chi connectivity index (χ1n) is 9.22. The zero-order valence-corrected chi connectivity index (χ0v) is 15.7. The van der Waals surface area contributed by atoms with Gasteiger partial charge < -0.3 is 14.2 Å². The molecule has 0 N–H and O–H groups in total. The lowest BCUT2D eigenvalue weighted by molar-refractivity contribution is -0.140. The first-order valence-corrected chi connectivity index (χ1v) is 9.22. The molecular formula is C21H23N3O4. The molecule has 0 aliphatic carbocycles. The molecule has 0 amide bonds. The second-order valence-electron chi connectivity index (χ2n) is 6.73. The summed E-state index contributed by atoms with van der Waals surface area (Å²) in [6.07, 6.45) is -0.663. The maximum atomic E-state index is 12.2. The summed E-state index contributed by atoms with van der Waals surface area (Å²) >= 11 is 0. The average molecular weight is 381 g/mol. The van der Waals surface area contributed by atoms with Crippen molar-refractivity contribution in [2.45, 2.75) is 31.8 Å². The Morgan fingerprint density at radius 3 is 2.54 bits per heavy atom. The van der Waals surface area contributed by atoms with Gasteiger partial charge in [0.05, 0.1) is 37.0 Å². The van der Waals surface area contributed by atoms with Crippen LogP contribution in [-0.4, -0.2) is 37.4 Å². The van der Waals surface area contributed by atoms with E-state index in [4.69, 9.17) is 19.7 Å². The fraction of sp³-hybridized carbons (Fsp3) is 0.381. The SMILES string of the molecule is CC1C(COC(=O)c2ccccc2)OC[C@H](N=[N+]=[N-])[C@@H]1OCc1ccccc1. The molecule has 1 aliphatic heterocycles. The third-order valence-electron chi connectivity index (χ3n) is 4.84. The van der Waals surface area contributed by atoms with Crippen LogP contribution in [0.2, 0.25) is 0 Å². The highest BCUT2D eigenvalue weighted by Crippen LogP contribution is 2.27.